The zero-order valence-corrected chi connectivity index (χ0v) is 14.8. The Morgan fingerprint density at radius 1 is 1.29 bits per heavy atom. The molecule has 3 rings (SSSR count). The maximum Gasteiger partial charge on any atom is 0.410 e. The van der Waals surface area contributed by atoms with Gasteiger partial charge in [-0.1, -0.05) is 24.3 Å². The summed E-state index contributed by atoms with van der Waals surface area (Å²) >= 11 is 0. The molecular weight excluding hydrogens is 302 g/mol. The van der Waals surface area contributed by atoms with E-state index in [1.54, 1.807) is 0 Å². The van der Waals surface area contributed by atoms with Crippen LogP contribution in [0.4, 0.5) is 4.79 Å². The lowest BCUT2D eigenvalue weighted by atomic mass is 9.90. The summed E-state index contributed by atoms with van der Waals surface area (Å²) in [6.45, 7) is 9.01. The van der Waals surface area contributed by atoms with Gasteiger partial charge in [0, 0.05) is 31.1 Å². The van der Waals surface area contributed by atoms with Crippen molar-refractivity contribution in [2.45, 2.75) is 45.1 Å². The van der Waals surface area contributed by atoms with Crippen molar-refractivity contribution >= 4 is 11.9 Å². The Bertz CT molecular complexity index is 616. The molecule has 1 unspecified atom stereocenters. The van der Waals surface area contributed by atoms with Crippen molar-refractivity contribution in [2.24, 2.45) is 4.99 Å². The van der Waals surface area contributed by atoms with E-state index in [0.29, 0.717) is 5.92 Å². The third-order valence-electron chi connectivity index (χ3n) is 4.40. The molecule has 0 bridgehead atoms. The number of nitrogens with zero attached hydrogens (tertiary/aromatic N) is 2. The second-order valence-corrected chi connectivity index (χ2v) is 7.54. The number of nitrogens with one attached hydrogen (secondary N) is 1. The predicted octanol–water partition coefficient (Wildman–Crippen LogP) is 3.15. The van der Waals surface area contributed by atoms with Gasteiger partial charge in [-0.3, -0.25) is 4.99 Å². The lowest BCUT2D eigenvalue weighted by Crippen LogP contribution is -2.42. The molecule has 0 aliphatic carbocycles. The van der Waals surface area contributed by atoms with E-state index < -0.39 is 5.60 Å². The first-order valence-corrected chi connectivity index (χ1v) is 8.79. The second-order valence-electron chi connectivity index (χ2n) is 7.54. The SMILES string of the molecule is CC(C)(C)OC(=O)N1CCCC(c2ccc(C3=NCCN3)cc2)C1. The first-order valence-electron chi connectivity index (χ1n) is 8.79. The van der Waals surface area contributed by atoms with Crippen LogP contribution in [0.15, 0.2) is 29.3 Å². The van der Waals surface area contributed by atoms with Crippen molar-refractivity contribution in [2.75, 3.05) is 26.2 Å². The number of carbonyl (C=O) groups is 1. The van der Waals surface area contributed by atoms with Gasteiger partial charge in [0.2, 0.25) is 0 Å². The average Bonchev–Trinajstić information content (AvgIpc) is 3.08. The molecule has 0 aromatic heterocycles. The Hall–Kier alpha value is -2.04. The Balaban J connectivity index is 1.65. The van der Waals surface area contributed by atoms with Gasteiger partial charge in [0.25, 0.3) is 0 Å². The number of aliphatic imine (C=N–C) groups is 1. The molecule has 1 aromatic rings. The predicted molar refractivity (Wildman–Crippen MR) is 95.6 cm³/mol. The molecule has 1 atom stereocenters. The van der Waals surface area contributed by atoms with Crippen LogP contribution in [0.25, 0.3) is 0 Å². The van der Waals surface area contributed by atoms with Crippen LogP contribution >= 0.6 is 0 Å². The smallest absolute Gasteiger partial charge is 0.410 e. The maximum atomic E-state index is 12.3. The molecule has 0 spiro atoms. The number of carbonyl (C=O) groups excluding carboxylic acids is 1. The molecule has 2 aliphatic heterocycles. The first kappa shape index (κ1) is 16.8. The molecule has 5 nitrogen and oxygen atoms in total. The van der Waals surface area contributed by atoms with Gasteiger partial charge in [0.05, 0.1) is 6.54 Å². The van der Waals surface area contributed by atoms with Gasteiger partial charge in [-0.2, -0.15) is 0 Å². The third kappa shape index (κ3) is 4.08. The Kier molecular flexibility index (Phi) is 4.78. The van der Waals surface area contributed by atoms with Crippen molar-refractivity contribution in [3.8, 4) is 0 Å². The van der Waals surface area contributed by atoms with Gasteiger partial charge in [0.15, 0.2) is 0 Å². The van der Waals surface area contributed by atoms with E-state index >= 15 is 0 Å². The highest BCUT2D eigenvalue weighted by Crippen LogP contribution is 2.28. The molecule has 130 valence electrons. The quantitative estimate of drug-likeness (QED) is 0.907. The minimum absolute atomic E-state index is 0.201. The molecule has 1 fully saturated rings. The lowest BCUT2D eigenvalue weighted by Gasteiger charge is -2.34. The maximum absolute atomic E-state index is 12.3. The minimum atomic E-state index is -0.444. The van der Waals surface area contributed by atoms with Crippen molar-refractivity contribution in [1.82, 2.24) is 10.2 Å². The van der Waals surface area contributed by atoms with E-state index in [1.807, 2.05) is 25.7 Å². The zero-order valence-electron chi connectivity index (χ0n) is 14.8. The van der Waals surface area contributed by atoms with Crippen molar-refractivity contribution in [3.05, 3.63) is 35.4 Å². The molecule has 0 radical (unpaired) electrons. The molecular formula is C19H27N3O2. The third-order valence-corrected chi connectivity index (χ3v) is 4.40. The van der Waals surface area contributed by atoms with Gasteiger partial charge in [-0.05, 0) is 39.2 Å². The number of piperidine rings is 1. The van der Waals surface area contributed by atoms with E-state index in [4.69, 9.17) is 4.74 Å². The van der Waals surface area contributed by atoms with E-state index in [0.717, 1.165) is 50.4 Å². The number of amidine groups is 1. The lowest BCUT2D eigenvalue weighted by molar-refractivity contribution is 0.0198. The summed E-state index contributed by atoms with van der Waals surface area (Å²) in [4.78, 5) is 18.6. The monoisotopic (exact) mass is 329 g/mol. The normalized spacial score (nSPS) is 21.2. The van der Waals surface area contributed by atoms with Crippen LogP contribution in [0.1, 0.15) is 50.7 Å². The molecule has 24 heavy (non-hydrogen) atoms. The largest absolute Gasteiger partial charge is 0.444 e. The van der Waals surface area contributed by atoms with Crippen LogP contribution in [-0.4, -0.2) is 48.6 Å². The van der Waals surface area contributed by atoms with Gasteiger partial charge in [-0.25, -0.2) is 4.79 Å². The van der Waals surface area contributed by atoms with Crippen LogP contribution in [0.2, 0.25) is 0 Å². The molecule has 1 N–H and O–H groups in total. The van der Waals surface area contributed by atoms with Crippen LogP contribution in [-0.2, 0) is 4.74 Å². The highest BCUT2D eigenvalue weighted by atomic mass is 16.6. The molecule has 1 aromatic carbocycles. The summed E-state index contributed by atoms with van der Waals surface area (Å²) in [5.74, 6) is 1.36. The highest BCUT2D eigenvalue weighted by Gasteiger charge is 2.28. The van der Waals surface area contributed by atoms with Gasteiger partial charge in [0.1, 0.15) is 11.4 Å². The summed E-state index contributed by atoms with van der Waals surface area (Å²) in [6.07, 6.45) is 1.92. The van der Waals surface area contributed by atoms with E-state index in [1.165, 1.54) is 5.56 Å². The zero-order chi connectivity index (χ0) is 17.2. The average molecular weight is 329 g/mol. The van der Waals surface area contributed by atoms with Crippen LogP contribution < -0.4 is 5.32 Å². The summed E-state index contributed by atoms with van der Waals surface area (Å²) in [5, 5.41) is 3.30. The van der Waals surface area contributed by atoms with Crippen LogP contribution in [0.3, 0.4) is 0 Å². The summed E-state index contributed by atoms with van der Waals surface area (Å²) in [7, 11) is 0. The fraction of sp³-hybridized carbons (Fsp3) is 0.579. The molecule has 1 amide bonds. The van der Waals surface area contributed by atoms with E-state index in [2.05, 4.69) is 34.6 Å². The number of rotatable bonds is 2. The number of hydrogen-bond donors (Lipinski definition) is 1. The fourth-order valence-corrected chi connectivity index (χ4v) is 3.25. The summed E-state index contributed by atoms with van der Waals surface area (Å²) < 4.78 is 5.51. The van der Waals surface area contributed by atoms with Gasteiger partial charge >= 0.3 is 6.09 Å². The second kappa shape index (κ2) is 6.83. The number of likely N-dealkylation sites (tertiary alicyclic amines) is 1. The van der Waals surface area contributed by atoms with Gasteiger partial charge in [-0.15, -0.1) is 0 Å². The summed E-state index contributed by atoms with van der Waals surface area (Å²) in [6, 6.07) is 8.58. The Labute approximate surface area is 144 Å². The Morgan fingerprint density at radius 3 is 2.67 bits per heavy atom. The number of hydrogen-bond acceptors (Lipinski definition) is 4. The van der Waals surface area contributed by atoms with E-state index in [9.17, 15) is 4.79 Å². The molecule has 5 heteroatoms. The molecule has 1 saturated heterocycles. The number of benzene rings is 1. The van der Waals surface area contributed by atoms with Gasteiger partial charge < -0.3 is 15.0 Å². The van der Waals surface area contributed by atoms with Crippen LogP contribution in [0, 0.1) is 0 Å². The standard InChI is InChI=1S/C19H27N3O2/c1-19(2,3)24-18(23)22-12-4-5-16(13-22)14-6-8-15(9-7-14)17-20-10-11-21-17/h6-9,16H,4-5,10-13H2,1-3H3,(H,20,21). The minimum Gasteiger partial charge on any atom is -0.444 e. The number of amides is 1. The van der Waals surface area contributed by atoms with Crippen molar-refractivity contribution < 1.29 is 9.53 Å². The highest BCUT2D eigenvalue weighted by molar-refractivity contribution is 5.99. The van der Waals surface area contributed by atoms with Crippen molar-refractivity contribution in [1.29, 1.82) is 0 Å². The molecule has 0 saturated carbocycles. The molecule has 2 heterocycles. The molecule has 2 aliphatic rings. The topological polar surface area (TPSA) is 53.9 Å². The first-order chi connectivity index (χ1) is 11.4. The van der Waals surface area contributed by atoms with Crippen LogP contribution in [0.5, 0.6) is 0 Å². The summed E-state index contributed by atoms with van der Waals surface area (Å²) in [5.41, 5.74) is 1.97. The van der Waals surface area contributed by atoms with E-state index in [-0.39, 0.29) is 6.09 Å². The number of ether oxygens (including phenoxy) is 1. The van der Waals surface area contributed by atoms with Crippen molar-refractivity contribution in [3.63, 3.8) is 0 Å². The fourth-order valence-electron chi connectivity index (χ4n) is 3.25. The Morgan fingerprint density at radius 2 is 2.04 bits per heavy atom.